The lowest BCUT2D eigenvalue weighted by Crippen LogP contribution is -2.33. The molecule has 0 spiro atoms. The van der Waals surface area contributed by atoms with Gasteiger partial charge in [0.05, 0.1) is 37.0 Å². The van der Waals surface area contributed by atoms with E-state index in [9.17, 15) is 14.7 Å². The van der Waals surface area contributed by atoms with Crippen molar-refractivity contribution in [1.29, 1.82) is 0 Å². The number of amides is 1. The van der Waals surface area contributed by atoms with Crippen LogP contribution in [0.1, 0.15) is 51.8 Å². The van der Waals surface area contributed by atoms with Gasteiger partial charge >= 0.3 is 0 Å². The molecule has 1 heterocycles. The van der Waals surface area contributed by atoms with Crippen LogP contribution in [0.3, 0.4) is 0 Å². The SMILES string of the molecule is CCOc1cccc(C2/C(=C(/O)c3cccc(OC(C)C)c3)C(=O)C(=O)N2CCOC(C)C)c1. The van der Waals surface area contributed by atoms with Crippen LogP contribution in [0.25, 0.3) is 5.76 Å². The van der Waals surface area contributed by atoms with Gasteiger partial charge in [-0.25, -0.2) is 0 Å². The topological polar surface area (TPSA) is 85.3 Å². The number of nitrogens with zero attached hydrogens (tertiary/aromatic N) is 1. The van der Waals surface area contributed by atoms with Gasteiger partial charge in [-0.15, -0.1) is 0 Å². The quantitative estimate of drug-likeness (QED) is 0.309. The van der Waals surface area contributed by atoms with Crippen LogP contribution in [0, 0.1) is 0 Å². The number of hydrogen-bond donors (Lipinski definition) is 1. The summed E-state index contributed by atoms with van der Waals surface area (Å²) in [4.78, 5) is 27.7. The van der Waals surface area contributed by atoms with Crippen LogP contribution >= 0.6 is 0 Å². The number of hydrogen-bond acceptors (Lipinski definition) is 6. The Bertz CT molecular complexity index is 1060. The van der Waals surface area contributed by atoms with Gasteiger partial charge in [0.15, 0.2) is 0 Å². The Balaban J connectivity index is 2.10. The Hall–Kier alpha value is -3.32. The zero-order valence-corrected chi connectivity index (χ0v) is 20.4. The van der Waals surface area contributed by atoms with E-state index in [1.165, 1.54) is 4.90 Å². The molecule has 1 unspecified atom stereocenters. The van der Waals surface area contributed by atoms with Gasteiger partial charge in [-0.1, -0.05) is 24.3 Å². The first-order valence-corrected chi connectivity index (χ1v) is 11.6. The van der Waals surface area contributed by atoms with Crippen LogP contribution < -0.4 is 9.47 Å². The molecule has 0 aromatic heterocycles. The molecule has 0 saturated carbocycles. The first-order valence-electron chi connectivity index (χ1n) is 11.6. The van der Waals surface area contributed by atoms with E-state index in [0.717, 1.165) is 0 Å². The number of rotatable bonds is 10. The number of Topliss-reactive ketones (excluding diaryl/α,β-unsaturated/α-hetero) is 1. The van der Waals surface area contributed by atoms with Gasteiger partial charge in [-0.2, -0.15) is 0 Å². The molecule has 2 aromatic carbocycles. The molecule has 2 aromatic rings. The molecule has 182 valence electrons. The predicted molar refractivity (Wildman–Crippen MR) is 130 cm³/mol. The van der Waals surface area contributed by atoms with E-state index in [-0.39, 0.29) is 36.7 Å². The average molecular weight is 468 g/mol. The lowest BCUT2D eigenvalue weighted by molar-refractivity contribution is -0.140. The van der Waals surface area contributed by atoms with Gasteiger partial charge in [0, 0.05) is 12.1 Å². The maximum absolute atomic E-state index is 13.2. The summed E-state index contributed by atoms with van der Waals surface area (Å²) in [6.45, 7) is 10.5. The van der Waals surface area contributed by atoms with Crippen LogP contribution in [-0.4, -0.2) is 53.7 Å². The summed E-state index contributed by atoms with van der Waals surface area (Å²) in [6.07, 6.45) is -0.0644. The highest BCUT2D eigenvalue weighted by Crippen LogP contribution is 2.40. The molecule has 1 aliphatic heterocycles. The molecule has 0 bridgehead atoms. The highest BCUT2D eigenvalue weighted by Gasteiger charge is 2.46. The summed E-state index contributed by atoms with van der Waals surface area (Å²) in [7, 11) is 0. The first kappa shape index (κ1) is 25.3. The molecule has 1 atom stereocenters. The van der Waals surface area contributed by atoms with Crippen molar-refractivity contribution >= 4 is 17.4 Å². The highest BCUT2D eigenvalue weighted by molar-refractivity contribution is 6.46. The van der Waals surface area contributed by atoms with Crippen molar-refractivity contribution in [3.8, 4) is 11.5 Å². The van der Waals surface area contributed by atoms with E-state index < -0.39 is 17.7 Å². The zero-order valence-electron chi connectivity index (χ0n) is 20.4. The number of benzene rings is 2. The highest BCUT2D eigenvalue weighted by atomic mass is 16.5. The molecule has 1 fully saturated rings. The molecule has 7 heteroatoms. The van der Waals surface area contributed by atoms with Crippen LogP contribution in [0.4, 0.5) is 0 Å². The summed E-state index contributed by atoms with van der Waals surface area (Å²) in [6, 6.07) is 13.3. The Morgan fingerprint density at radius 3 is 2.38 bits per heavy atom. The van der Waals surface area contributed by atoms with Crippen molar-refractivity contribution in [2.75, 3.05) is 19.8 Å². The smallest absolute Gasteiger partial charge is 0.295 e. The van der Waals surface area contributed by atoms with Crippen molar-refractivity contribution in [1.82, 2.24) is 4.90 Å². The minimum Gasteiger partial charge on any atom is -0.507 e. The third-order valence-corrected chi connectivity index (χ3v) is 5.29. The van der Waals surface area contributed by atoms with Gasteiger partial charge < -0.3 is 24.2 Å². The second kappa shape index (κ2) is 11.2. The van der Waals surface area contributed by atoms with Crippen LogP contribution in [0.15, 0.2) is 54.1 Å². The van der Waals surface area contributed by atoms with E-state index in [0.29, 0.717) is 29.2 Å². The van der Waals surface area contributed by atoms with E-state index in [4.69, 9.17) is 14.2 Å². The van der Waals surface area contributed by atoms with E-state index in [1.54, 1.807) is 30.3 Å². The molecule has 1 N–H and O–H groups in total. The van der Waals surface area contributed by atoms with E-state index >= 15 is 0 Å². The molecule has 1 amide bonds. The standard InChI is InChI=1S/C27H33NO6/c1-6-32-21-11-7-9-19(15-21)24-23(26(30)27(31)28(24)13-14-33-17(2)3)25(29)20-10-8-12-22(16-20)34-18(4)5/h7-12,15-18,24,29H,6,13-14H2,1-5H3/b25-23-. The largest absolute Gasteiger partial charge is 0.507 e. The van der Waals surface area contributed by atoms with Crippen molar-refractivity contribution in [3.05, 3.63) is 65.2 Å². The summed E-state index contributed by atoms with van der Waals surface area (Å²) < 4.78 is 17.0. The number of ether oxygens (including phenoxy) is 3. The first-order chi connectivity index (χ1) is 16.2. The number of aliphatic hydroxyl groups excluding tert-OH is 1. The van der Waals surface area contributed by atoms with Gasteiger partial charge in [0.1, 0.15) is 17.3 Å². The second-order valence-corrected chi connectivity index (χ2v) is 8.61. The fraction of sp³-hybridized carbons (Fsp3) is 0.407. The van der Waals surface area contributed by atoms with Crippen LogP contribution in [-0.2, 0) is 14.3 Å². The van der Waals surface area contributed by atoms with Gasteiger partial charge in [-0.05, 0) is 64.4 Å². The number of likely N-dealkylation sites (tertiary alicyclic amines) is 1. The lowest BCUT2D eigenvalue weighted by Gasteiger charge is -2.26. The summed E-state index contributed by atoms with van der Waals surface area (Å²) in [5.41, 5.74) is 1.11. The van der Waals surface area contributed by atoms with Gasteiger partial charge in [-0.3, -0.25) is 9.59 Å². The molecule has 34 heavy (non-hydrogen) atoms. The molecule has 7 nitrogen and oxygen atoms in total. The van der Waals surface area contributed by atoms with E-state index in [1.807, 2.05) is 52.8 Å². The molecule has 1 aliphatic rings. The molecule has 3 rings (SSSR count). The molecular formula is C27H33NO6. The predicted octanol–water partition coefficient (Wildman–Crippen LogP) is 4.72. The van der Waals surface area contributed by atoms with Crippen LogP contribution in [0.5, 0.6) is 11.5 Å². The minimum absolute atomic E-state index is 0.0137. The summed E-state index contributed by atoms with van der Waals surface area (Å²) >= 11 is 0. The Labute approximate surface area is 200 Å². The Kier molecular flexibility index (Phi) is 8.34. The van der Waals surface area contributed by atoms with Crippen molar-refractivity contribution < 1.29 is 28.9 Å². The maximum atomic E-state index is 13.2. The number of ketones is 1. The monoisotopic (exact) mass is 467 g/mol. The second-order valence-electron chi connectivity index (χ2n) is 8.61. The lowest BCUT2D eigenvalue weighted by atomic mass is 9.95. The molecular weight excluding hydrogens is 434 g/mol. The minimum atomic E-state index is -0.772. The Morgan fingerprint density at radius 2 is 1.71 bits per heavy atom. The molecule has 0 aliphatic carbocycles. The van der Waals surface area contributed by atoms with Gasteiger partial charge in [0.2, 0.25) is 0 Å². The zero-order chi connectivity index (χ0) is 24.8. The van der Waals surface area contributed by atoms with E-state index in [2.05, 4.69) is 0 Å². The fourth-order valence-electron chi connectivity index (χ4n) is 3.93. The maximum Gasteiger partial charge on any atom is 0.295 e. The summed E-state index contributed by atoms with van der Waals surface area (Å²) in [5.74, 6) is -0.462. The third-order valence-electron chi connectivity index (χ3n) is 5.29. The number of aliphatic hydroxyl groups is 1. The normalized spacial score (nSPS) is 17.6. The Morgan fingerprint density at radius 1 is 1.00 bits per heavy atom. The third kappa shape index (κ3) is 5.78. The van der Waals surface area contributed by atoms with Gasteiger partial charge in [0.25, 0.3) is 11.7 Å². The number of carbonyl (C=O) groups is 2. The average Bonchev–Trinajstić information content (AvgIpc) is 3.03. The number of carbonyl (C=O) groups excluding carboxylic acids is 2. The van der Waals surface area contributed by atoms with Crippen molar-refractivity contribution in [2.24, 2.45) is 0 Å². The molecule has 0 radical (unpaired) electrons. The molecule has 1 saturated heterocycles. The van der Waals surface area contributed by atoms with Crippen LogP contribution in [0.2, 0.25) is 0 Å². The fourth-order valence-corrected chi connectivity index (χ4v) is 3.93. The van der Waals surface area contributed by atoms with Crippen molar-refractivity contribution in [3.63, 3.8) is 0 Å². The van der Waals surface area contributed by atoms with Crippen molar-refractivity contribution in [2.45, 2.75) is 52.9 Å². The summed E-state index contributed by atoms with van der Waals surface area (Å²) in [5, 5.41) is 11.3.